The quantitative estimate of drug-likeness (QED) is 0.825. The Morgan fingerprint density at radius 3 is 2.79 bits per heavy atom. The van der Waals surface area contributed by atoms with Gasteiger partial charge < -0.3 is 5.32 Å². The van der Waals surface area contributed by atoms with E-state index in [9.17, 15) is 4.79 Å². The number of halogens is 2. The summed E-state index contributed by atoms with van der Waals surface area (Å²) in [4.78, 5) is 14.5. The Morgan fingerprint density at radius 2 is 2.21 bits per heavy atom. The summed E-state index contributed by atoms with van der Waals surface area (Å²) in [6.07, 6.45) is 1.80. The molecule has 1 aromatic heterocycles. The van der Waals surface area contributed by atoms with Gasteiger partial charge >= 0.3 is 0 Å². The highest BCUT2D eigenvalue weighted by Gasteiger charge is 2.29. The van der Waals surface area contributed by atoms with Gasteiger partial charge in [-0.25, -0.2) is 0 Å². The summed E-state index contributed by atoms with van der Waals surface area (Å²) in [5, 5.41) is 3.01. The molecular formula is C13H17Cl2NOS2. The molecule has 1 aliphatic heterocycles. The van der Waals surface area contributed by atoms with Crippen LogP contribution in [0.3, 0.4) is 0 Å². The molecular weight excluding hydrogens is 321 g/mol. The minimum atomic E-state index is -0.501. The Labute approximate surface area is 132 Å². The van der Waals surface area contributed by atoms with Crippen LogP contribution >= 0.6 is 46.3 Å². The first-order chi connectivity index (χ1) is 9.14. The molecule has 0 saturated heterocycles. The van der Waals surface area contributed by atoms with Gasteiger partial charge in [0.2, 0.25) is 0 Å². The number of carbonyl (C=O) groups excluding carboxylic acids is 1. The Hall–Kier alpha value is 0.1000. The third-order valence-electron chi connectivity index (χ3n) is 3.42. The van der Waals surface area contributed by atoms with Crippen molar-refractivity contribution in [1.29, 1.82) is 0 Å². The zero-order chi connectivity index (χ0) is 13.9. The predicted octanol–water partition coefficient (Wildman–Crippen LogP) is 3.89. The van der Waals surface area contributed by atoms with Gasteiger partial charge in [-0.3, -0.25) is 4.79 Å². The fourth-order valence-electron chi connectivity index (χ4n) is 1.94. The van der Waals surface area contributed by atoms with E-state index in [0.29, 0.717) is 11.8 Å². The van der Waals surface area contributed by atoms with Crippen LogP contribution < -0.4 is 5.32 Å². The van der Waals surface area contributed by atoms with Gasteiger partial charge in [0.05, 0.1) is 10.4 Å². The van der Waals surface area contributed by atoms with Gasteiger partial charge in [-0.05, 0) is 30.2 Å². The SMILES string of the molecule is CCC(CCl)(CCl)NC(=O)c1cc2c(s1)CCSC2. The van der Waals surface area contributed by atoms with Crippen molar-refractivity contribution in [3.63, 3.8) is 0 Å². The van der Waals surface area contributed by atoms with Gasteiger partial charge in [0, 0.05) is 22.4 Å². The molecule has 0 atom stereocenters. The first-order valence-electron chi connectivity index (χ1n) is 6.28. The first kappa shape index (κ1) is 15.5. The molecule has 1 aliphatic rings. The molecule has 1 amide bonds. The van der Waals surface area contributed by atoms with Gasteiger partial charge in [0.25, 0.3) is 5.91 Å². The number of hydrogen-bond donors (Lipinski definition) is 1. The highest BCUT2D eigenvalue weighted by Crippen LogP contribution is 2.32. The molecule has 0 bridgehead atoms. The van der Waals surface area contributed by atoms with E-state index in [1.54, 1.807) is 11.3 Å². The van der Waals surface area contributed by atoms with E-state index in [0.717, 1.165) is 29.2 Å². The molecule has 2 rings (SSSR count). The zero-order valence-corrected chi connectivity index (χ0v) is 13.9. The molecule has 2 heterocycles. The van der Waals surface area contributed by atoms with Crippen molar-refractivity contribution in [1.82, 2.24) is 5.32 Å². The van der Waals surface area contributed by atoms with Crippen molar-refractivity contribution in [3.8, 4) is 0 Å². The molecule has 0 spiro atoms. The second-order valence-electron chi connectivity index (χ2n) is 4.72. The summed E-state index contributed by atoms with van der Waals surface area (Å²) in [6, 6.07) is 2.02. The summed E-state index contributed by atoms with van der Waals surface area (Å²) in [5.41, 5.74) is 0.810. The minimum Gasteiger partial charge on any atom is -0.344 e. The summed E-state index contributed by atoms with van der Waals surface area (Å²) in [5.74, 6) is 2.78. The summed E-state index contributed by atoms with van der Waals surface area (Å²) in [7, 11) is 0. The molecule has 0 aliphatic carbocycles. The van der Waals surface area contributed by atoms with Crippen molar-refractivity contribution in [2.24, 2.45) is 0 Å². The van der Waals surface area contributed by atoms with E-state index in [-0.39, 0.29) is 5.91 Å². The number of hydrogen-bond acceptors (Lipinski definition) is 3. The molecule has 6 heteroatoms. The molecule has 0 saturated carbocycles. The number of carbonyl (C=O) groups is 1. The normalized spacial score (nSPS) is 15.1. The average molecular weight is 338 g/mol. The molecule has 0 aromatic carbocycles. The van der Waals surface area contributed by atoms with Gasteiger partial charge in [-0.15, -0.1) is 34.5 Å². The lowest BCUT2D eigenvalue weighted by atomic mass is 10.0. The Balaban J connectivity index is 2.13. The highest BCUT2D eigenvalue weighted by molar-refractivity contribution is 7.98. The molecule has 19 heavy (non-hydrogen) atoms. The monoisotopic (exact) mass is 337 g/mol. The number of alkyl halides is 2. The first-order valence-corrected chi connectivity index (χ1v) is 9.32. The number of aryl methyl sites for hydroxylation is 1. The zero-order valence-electron chi connectivity index (χ0n) is 10.8. The molecule has 1 aromatic rings. The van der Waals surface area contributed by atoms with Crippen LogP contribution in [0.25, 0.3) is 0 Å². The number of amides is 1. The van der Waals surface area contributed by atoms with E-state index in [1.165, 1.54) is 10.4 Å². The molecule has 1 N–H and O–H groups in total. The van der Waals surface area contributed by atoms with Crippen LogP contribution in [0.5, 0.6) is 0 Å². The van der Waals surface area contributed by atoms with Crippen LogP contribution in [-0.4, -0.2) is 29.0 Å². The van der Waals surface area contributed by atoms with Gasteiger partial charge in [0.15, 0.2) is 0 Å². The Bertz CT molecular complexity index is 426. The lowest BCUT2D eigenvalue weighted by Gasteiger charge is -2.29. The van der Waals surface area contributed by atoms with Crippen LogP contribution in [0, 0.1) is 0 Å². The third kappa shape index (κ3) is 3.41. The predicted molar refractivity (Wildman–Crippen MR) is 86.1 cm³/mol. The topological polar surface area (TPSA) is 29.1 Å². The van der Waals surface area contributed by atoms with Crippen LogP contribution in [0.1, 0.15) is 33.5 Å². The van der Waals surface area contributed by atoms with E-state index >= 15 is 0 Å². The standard InChI is InChI=1S/C13H17Cl2NOS2/c1-2-13(7-14,8-15)16-12(17)11-5-9-6-18-4-3-10(9)19-11/h5H,2-4,6-8H2,1H3,(H,16,17). The van der Waals surface area contributed by atoms with Crippen LogP contribution in [0.15, 0.2) is 6.07 Å². The van der Waals surface area contributed by atoms with Crippen molar-refractivity contribution < 1.29 is 4.79 Å². The summed E-state index contributed by atoms with van der Waals surface area (Å²) in [6.45, 7) is 1.99. The lowest BCUT2D eigenvalue weighted by molar-refractivity contribution is 0.0917. The fourth-order valence-corrected chi connectivity index (χ4v) is 5.01. The van der Waals surface area contributed by atoms with Gasteiger partial charge in [-0.2, -0.15) is 11.8 Å². The number of thiophene rings is 1. The minimum absolute atomic E-state index is 0.0486. The van der Waals surface area contributed by atoms with Crippen molar-refractivity contribution in [2.75, 3.05) is 17.5 Å². The van der Waals surface area contributed by atoms with Crippen LogP contribution in [0.4, 0.5) is 0 Å². The van der Waals surface area contributed by atoms with Crippen LogP contribution in [0.2, 0.25) is 0 Å². The van der Waals surface area contributed by atoms with Gasteiger partial charge in [0.1, 0.15) is 0 Å². The number of thioether (sulfide) groups is 1. The van der Waals surface area contributed by atoms with Crippen LogP contribution in [-0.2, 0) is 12.2 Å². The van der Waals surface area contributed by atoms with Crippen molar-refractivity contribution in [2.45, 2.75) is 31.1 Å². The number of rotatable bonds is 5. The van der Waals surface area contributed by atoms with Gasteiger partial charge in [-0.1, -0.05) is 6.92 Å². The van der Waals surface area contributed by atoms with Crippen molar-refractivity contribution in [3.05, 3.63) is 21.4 Å². The average Bonchev–Trinajstić information content (AvgIpc) is 2.89. The maximum Gasteiger partial charge on any atom is 0.261 e. The second kappa shape index (κ2) is 6.70. The summed E-state index contributed by atoms with van der Waals surface area (Å²) < 4.78 is 0. The van der Waals surface area contributed by atoms with Crippen molar-refractivity contribution >= 4 is 52.2 Å². The fraction of sp³-hybridized carbons (Fsp3) is 0.615. The number of nitrogens with one attached hydrogen (secondary N) is 1. The maximum atomic E-state index is 12.3. The molecule has 106 valence electrons. The van der Waals surface area contributed by atoms with E-state index in [1.807, 2.05) is 24.8 Å². The Morgan fingerprint density at radius 1 is 1.47 bits per heavy atom. The molecule has 0 radical (unpaired) electrons. The smallest absolute Gasteiger partial charge is 0.261 e. The molecule has 0 unspecified atom stereocenters. The third-order valence-corrected chi connectivity index (χ3v) is 6.69. The van der Waals surface area contributed by atoms with E-state index < -0.39 is 5.54 Å². The maximum absolute atomic E-state index is 12.3. The Kier molecular flexibility index (Phi) is 5.46. The second-order valence-corrected chi connectivity index (χ2v) is 7.49. The van der Waals surface area contributed by atoms with E-state index in [4.69, 9.17) is 23.2 Å². The molecule has 0 fully saturated rings. The molecule has 2 nitrogen and oxygen atoms in total. The lowest BCUT2D eigenvalue weighted by Crippen LogP contribution is -2.51. The number of fused-ring (bicyclic) bond motifs is 1. The summed E-state index contributed by atoms with van der Waals surface area (Å²) >= 11 is 15.4. The van der Waals surface area contributed by atoms with E-state index in [2.05, 4.69) is 5.32 Å². The largest absolute Gasteiger partial charge is 0.344 e. The highest BCUT2D eigenvalue weighted by atomic mass is 35.5.